The number of amides is 2. The zero-order valence-corrected chi connectivity index (χ0v) is 15.4. The van der Waals surface area contributed by atoms with E-state index in [4.69, 9.17) is 10.5 Å². The molecule has 1 heterocycles. The Bertz CT molecular complexity index is 656. The average Bonchev–Trinajstić information content (AvgIpc) is 3.13. The Hall–Kier alpha value is -1.92. The minimum absolute atomic E-state index is 0.0299. The molecular formula is C20H29N3O3. The van der Waals surface area contributed by atoms with Crippen molar-refractivity contribution >= 4 is 17.5 Å². The summed E-state index contributed by atoms with van der Waals surface area (Å²) in [5.41, 5.74) is 7.80. The Morgan fingerprint density at radius 3 is 2.58 bits per heavy atom. The number of nitrogens with two attached hydrogens (primary N) is 1. The summed E-state index contributed by atoms with van der Waals surface area (Å²) in [5.74, 6) is -0.189. The van der Waals surface area contributed by atoms with Crippen LogP contribution in [0.15, 0.2) is 18.2 Å². The van der Waals surface area contributed by atoms with Crippen molar-refractivity contribution in [2.45, 2.75) is 70.1 Å². The van der Waals surface area contributed by atoms with Crippen molar-refractivity contribution in [1.29, 1.82) is 0 Å². The van der Waals surface area contributed by atoms with Crippen LogP contribution in [0.25, 0.3) is 0 Å². The maximum Gasteiger partial charge on any atom is 0.253 e. The van der Waals surface area contributed by atoms with Crippen molar-refractivity contribution in [2.24, 2.45) is 5.73 Å². The number of hydrogen-bond acceptors (Lipinski definition) is 4. The molecule has 0 aromatic heterocycles. The van der Waals surface area contributed by atoms with E-state index in [1.807, 2.05) is 13.0 Å². The fourth-order valence-corrected chi connectivity index (χ4v) is 3.75. The van der Waals surface area contributed by atoms with Crippen LogP contribution >= 0.6 is 0 Å². The van der Waals surface area contributed by atoms with Gasteiger partial charge in [0.2, 0.25) is 0 Å². The number of carbonyl (C=O) groups excluding carboxylic acids is 2. The van der Waals surface area contributed by atoms with E-state index in [-0.39, 0.29) is 24.0 Å². The van der Waals surface area contributed by atoms with Gasteiger partial charge in [0.1, 0.15) is 6.10 Å². The van der Waals surface area contributed by atoms with Crippen LogP contribution < -0.4 is 16.4 Å². The van der Waals surface area contributed by atoms with Crippen LogP contribution in [-0.4, -0.2) is 36.6 Å². The summed E-state index contributed by atoms with van der Waals surface area (Å²) in [7, 11) is 0. The molecule has 1 saturated carbocycles. The molecule has 2 aliphatic rings. The van der Waals surface area contributed by atoms with Gasteiger partial charge in [-0.2, -0.15) is 0 Å². The second-order valence-electron chi connectivity index (χ2n) is 7.39. The molecule has 2 atom stereocenters. The van der Waals surface area contributed by atoms with Crippen LogP contribution in [0.5, 0.6) is 0 Å². The first kappa shape index (κ1) is 18.9. The molecule has 1 aromatic rings. The lowest BCUT2D eigenvalue weighted by Crippen LogP contribution is -2.36. The van der Waals surface area contributed by atoms with Gasteiger partial charge in [0.15, 0.2) is 0 Å². The SMILES string of the molecule is Cc1cc(C(=O)NC2CCCCC2)ccc1NC(=O)[C@@H]1CC[C@H](CN)O1. The van der Waals surface area contributed by atoms with E-state index in [9.17, 15) is 9.59 Å². The van der Waals surface area contributed by atoms with Crippen LogP contribution in [0.3, 0.4) is 0 Å². The number of anilines is 1. The molecule has 3 rings (SSSR count). The Morgan fingerprint density at radius 1 is 1.15 bits per heavy atom. The van der Waals surface area contributed by atoms with Crippen LogP contribution in [0.1, 0.15) is 60.9 Å². The summed E-state index contributed by atoms with van der Waals surface area (Å²) in [6.07, 6.45) is 6.77. The lowest BCUT2D eigenvalue weighted by atomic mass is 9.95. The van der Waals surface area contributed by atoms with Crippen LogP contribution in [0, 0.1) is 6.92 Å². The van der Waals surface area contributed by atoms with Crippen molar-refractivity contribution in [3.05, 3.63) is 29.3 Å². The fourth-order valence-electron chi connectivity index (χ4n) is 3.75. The molecule has 2 amide bonds. The number of benzene rings is 1. The normalized spacial score (nSPS) is 23.6. The second-order valence-corrected chi connectivity index (χ2v) is 7.39. The van der Waals surface area contributed by atoms with Gasteiger partial charge in [-0.1, -0.05) is 19.3 Å². The van der Waals surface area contributed by atoms with E-state index in [0.29, 0.717) is 24.2 Å². The molecule has 0 radical (unpaired) electrons. The summed E-state index contributed by atoms with van der Waals surface area (Å²) in [6.45, 7) is 2.33. The number of hydrogen-bond donors (Lipinski definition) is 3. The van der Waals surface area contributed by atoms with Crippen molar-refractivity contribution in [3.63, 3.8) is 0 Å². The second kappa shape index (κ2) is 8.64. The zero-order valence-electron chi connectivity index (χ0n) is 15.4. The minimum atomic E-state index is -0.447. The zero-order chi connectivity index (χ0) is 18.5. The largest absolute Gasteiger partial charge is 0.364 e. The summed E-state index contributed by atoms with van der Waals surface area (Å²) in [6, 6.07) is 5.66. The molecule has 0 unspecified atom stereocenters. The maximum atomic E-state index is 12.4. The highest BCUT2D eigenvalue weighted by atomic mass is 16.5. The van der Waals surface area contributed by atoms with Crippen LogP contribution in [0.4, 0.5) is 5.69 Å². The predicted octanol–water partition coefficient (Wildman–Crippen LogP) is 2.50. The third-order valence-electron chi connectivity index (χ3n) is 5.35. The first-order valence-corrected chi connectivity index (χ1v) is 9.64. The Labute approximate surface area is 154 Å². The molecule has 26 heavy (non-hydrogen) atoms. The average molecular weight is 359 g/mol. The van der Waals surface area contributed by atoms with Gasteiger partial charge in [0, 0.05) is 23.8 Å². The molecule has 0 spiro atoms. The highest BCUT2D eigenvalue weighted by Crippen LogP contribution is 2.23. The Kier molecular flexibility index (Phi) is 6.27. The molecular weight excluding hydrogens is 330 g/mol. The Balaban J connectivity index is 1.58. The standard InChI is InChI=1S/C20H29N3O3/c1-13-11-14(19(24)22-15-5-3-2-4-6-15)7-9-17(13)23-20(25)18-10-8-16(12-21)26-18/h7,9,11,15-16,18H,2-6,8,10,12,21H2,1H3,(H,22,24)(H,23,25)/t16-,18+/m1/s1. The van der Waals surface area contributed by atoms with Crippen molar-refractivity contribution in [3.8, 4) is 0 Å². The molecule has 6 heteroatoms. The number of rotatable bonds is 5. The highest BCUT2D eigenvalue weighted by Gasteiger charge is 2.30. The van der Waals surface area contributed by atoms with Gasteiger partial charge < -0.3 is 21.1 Å². The lowest BCUT2D eigenvalue weighted by Gasteiger charge is -2.23. The summed E-state index contributed by atoms with van der Waals surface area (Å²) in [5, 5.41) is 6.03. The highest BCUT2D eigenvalue weighted by molar-refractivity contribution is 5.97. The monoisotopic (exact) mass is 359 g/mol. The first-order valence-electron chi connectivity index (χ1n) is 9.64. The Morgan fingerprint density at radius 2 is 1.92 bits per heavy atom. The summed E-state index contributed by atoms with van der Waals surface area (Å²) < 4.78 is 5.63. The van der Waals surface area contributed by atoms with Gasteiger partial charge in [-0.15, -0.1) is 0 Å². The molecule has 0 bridgehead atoms. The van der Waals surface area contributed by atoms with Crippen molar-refractivity contribution in [2.75, 3.05) is 11.9 Å². The van der Waals surface area contributed by atoms with E-state index in [2.05, 4.69) is 10.6 Å². The molecule has 142 valence electrons. The van der Waals surface area contributed by atoms with Crippen molar-refractivity contribution in [1.82, 2.24) is 5.32 Å². The number of nitrogens with one attached hydrogen (secondary N) is 2. The molecule has 1 aliphatic heterocycles. The smallest absolute Gasteiger partial charge is 0.253 e. The first-order chi connectivity index (χ1) is 12.6. The van der Waals surface area contributed by atoms with E-state index in [0.717, 1.165) is 24.8 Å². The van der Waals surface area contributed by atoms with Crippen molar-refractivity contribution < 1.29 is 14.3 Å². The topological polar surface area (TPSA) is 93.5 Å². The molecule has 1 aromatic carbocycles. The van der Waals surface area contributed by atoms with Gasteiger partial charge in [-0.05, 0) is 56.4 Å². The quantitative estimate of drug-likeness (QED) is 0.753. The fraction of sp³-hybridized carbons (Fsp3) is 0.600. The van der Waals surface area contributed by atoms with E-state index < -0.39 is 6.10 Å². The maximum absolute atomic E-state index is 12.4. The van der Waals surface area contributed by atoms with Gasteiger partial charge in [-0.3, -0.25) is 9.59 Å². The lowest BCUT2D eigenvalue weighted by molar-refractivity contribution is -0.126. The molecule has 1 aliphatic carbocycles. The van der Waals surface area contributed by atoms with Crippen LogP contribution in [-0.2, 0) is 9.53 Å². The minimum Gasteiger partial charge on any atom is -0.364 e. The van der Waals surface area contributed by atoms with Crippen LogP contribution in [0.2, 0.25) is 0 Å². The third-order valence-corrected chi connectivity index (χ3v) is 5.35. The van der Waals surface area contributed by atoms with E-state index >= 15 is 0 Å². The molecule has 6 nitrogen and oxygen atoms in total. The van der Waals surface area contributed by atoms with E-state index in [1.165, 1.54) is 19.3 Å². The summed E-state index contributed by atoms with van der Waals surface area (Å²) in [4.78, 5) is 24.8. The predicted molar refractivity (Wildman–Crippen MR) is 101 cm³/mol. The molecule has 4 N–H and O–H groups in total. The van der Waals surface area contributed by atoms with Gasteiger partial charge in [0.05, 0.1) is 6.10 Å². The molecule has 2 fully saturated rings. The molecule has 1 saturated heterocycles. The number of carbonyl (C=O) groups is 2. The van der Waals surface area contributed by atoms with Gasteiger partial charge in [-0.25, -0.2) is 0 Å². The summed E-state index contributed by atoms with van der Waals surface area (Å²) >= 11 is 0. The van der Waals surface area contributed by atoms with Gasteiger partial charge in [0.25, 0.3) is 11.8 Å². The number of aryl methyl sites for hydroxylation is 1. The van der Waals surface area contributed by atoms with E-state index in [1.54, 1.807) is 12.1 Å². The van der Waals surface area contributed by atoms with Gasteiger partial charge >= 0.3 is 0 Å². The number of ether oxygens (including phenoxy) is 1. The third kappa shape index (κ3) is 4.62.